The highest BCUT2D eigenvalue weighted by Crippen LogP contribution is 2.45. The average molecular weight is 600 g/mol. The number of allylic oxidation sites excluding steroid dienone is 1. The van der Waals surface area contributed by atoms with Gasteiger partial charge in [-0.3, -0.25) is 9.79 Å². The van der Waals surface area contributed by atoms with E-state index in [0.717, 1.165) is 6.07 Å². The lowest BCUT2D eigenvalue weighted by Gasteiger charge is -2.33. The highest BCUT2D eigenvalue weighted by atomic mass is 19.4. The highest BCUT2D eigenvalue weighted by Gasteiger charge is 2.46. The second-order valence-electron chi connectivity index (χ2n) is 11.0. The number of nitrogens with zero attached hydrogens (tertiary/aromatic N) is 1. The third-order valence-corrected chi connectivity index (χ3v) is 7.01. The average Bonchev–Trinajstić information content (AvgIpc) is 2.94. The first kappa shape index (κ1) is 31.5. The fourth-order valence-electron chi connectivity index (χ4n) is 5.06. The molecule has 2 atom stereocenters. The summed E-state index contributed by atoms with van der Waals surface area (Å²) in [6, 6.07) is 12.9. The maximum absolute atomic E-state index is 14.1. The van der Waals surface area contributed by atoms with Gasteiger partial charge in [0.1, 0.15) is 17.3 Å². The number of halogens is 3. The van der Waals surface area contributed by atoms with Crippen LogP contribution in [-0.2, 0) is 25.2 Å². The van der Waals surface area contributed by atoms with Crippen molar-refractivity contribution in [3.63, 3.8) is 0 Å². The molecule has 2 aromatic carbocycles. The van der Waals surface area contributed by atoms with Crippen molar-refractivity contribution in [3.8, 4) is 5.75 Å². The van der Waals surface area contributed by atoms with E-state index < -0.39 is 46.6 Å². The Morgan fingerprint density at radius 2 is 1.65 bits per heavy atom. The number of fused-ring (bicyclic) bond motifs is 1. The minimum Gasteiger partial charge on any atom is -0.492 e. The largest absolute Gasteiger partial charge is 0.492 e. The summed E-state index contributed by atoms with van der Waals surface area (Å²) in [7, 11) is 0. The fraction of sp³-hybridized carbons (Fsp3) is 0.375. The predicted octanol–water partition coefficient (Wildman–Crippen LogP) is 6.47. The molecule has 0 aliphatic carbocycles. The van der Waals surface area contributed by atoms with Gasteiger partial charge < -0.3 is 18.6 Å². The lowest BCUT2D eigenvalue weighted by atomic mass is 9.74. The Morgan fingerprint density at radius 1 is 0.977 bits per heavy atom. The lowest BCUT2D eigenvalue weighted by molar-refractivity contribution is -0.148. The highest BCUT2D eigenvalue weighted by molar-refractivity contribution is 6.07. The summed E-state index contributed by atoms with van der Waals surface area (Å²) in [6.45, 7) is 7.93. The first-order chi connectivity index (χ1) is 20.2. The van der Waals surface area contributed by atoms with Crippen molar-refractivity contribution in [2.45, 2.75) is 46.7 Å². The molecule has 228 valence electrons. The van der Waals surface area contributed by atoms with Gasteiger partial charge >= 0.3 is 23.7 Å². The maximum Gasteiger partial charge on any atom is 0.416 e. The molecule has 2 unspecified atom stereocenters. The minimum atomic E-state index is -4.75. The number of ether oxygens (including phenoxy) is 3. The number of carbonyl (C=O) groups excluding carboxylic acids is 2. The molecule has 1 aliphatic rings. The molecule has 11 heteroatoms. The van der Waals surface area contributed by atoms with Crippen molar-refractivity contribution in [2.75, 3.05) is 19.8 Å². The number of hydrogen-bond acceptors (Lipinski definition) is 8. The molecule has 0 amide bonds. The third-order valence-electron chi connectivity index (χ3n) is 7.01. The topological polar surface area (TPSA) is 104 Å². The zero-order valence-electron chi connectivity index (χ0n) is 24.4. The Labute approximate surface area is 246 Å². The Morgan fingerprint density at radius 3 is 2.35 bits per heavy atom. The molecule has 0 N–H and O–H groups in total. The van der Waals surface area contributed by atoms with Gasteiger partial charge in [-0.15, -0.1) is 0 Å². The Hall–Kier alpha value is -4.41. The molecule has 0 bridgehead atoms. The van der Waals surface area contributed by atoms with Gasteiger partial charge in [0.25, 0.3) is 0 Å². The van der Waals surface area contributed by atoms with Crippen LogP contribution in [0.5, 0.6) is 5.75 Å². The molecule has 3 aromatic rings. The van der Waals surface area contributed by atoms with Gasteiger partial charge in [0.15, 0.2) is 0 Å². The van der Waals surface area contributed by atoms with Crippen molar-refractivity contribution in [1.29, 1.82) is 0 Å². The molecule has 1 aliphatic heterocycles. The van der Waals surface area contributed by atoms with E-state index in [-0.39, 0.29) is 42.4 Å². The quantitative estimate of drug-likeness (QED) is 0.205. The van der Waals surface area contributed by atoms with Gasteiger partial charge in [-0.05, 0) is 44.5 Å². The van der Waals surface area contributed by atoms with Crippen LogP contribution in [0.15, 0.2) is 80.1 Å². The molecule has 4 rings (SSSR count). The van der Waals surface area contributed by atoms with Crippen molar-refractivity contribution in [2.24, 2.45) is 16.3 Å². The van der Waals surface area contributed by atoms with E-state index in [2.05, 4.69) is 4.99 Å². The van der Waals surface area contributed by atoms with Crippen LogP contribution in [0, 0.1) is 11.3 Å². The van der Waals surface area contributed by atoms with Gasteiger partial charge in [0, 0.05) is 22.7 Å². The van der Waals surface area contributed by atoms with Crippen LogP contribution >= 0.6 is 0 Å². The number of para-hydroxylation sites is 1. The number of benzene rings is 2. The summed E-state index contributed by atoms with van der Waals surface area (Å²) < 4.78 is 64.4. The predicted molar refractivity (Wildman–Crippen MR) is 153 cm³/mol. The van der Waals surface area contributed by atoms with Crippen LogP contribution in [-0.4, -0.2) is 37.5 Å². The minimum absolute atomic E-state index is 0.00838. The summed E-state index contributed by atoms with van der Waals surface area (Å²) in [6.07, 6.45) is -4.75. The lowest BCUT2D eigenvalue weighted by Crippen LogP contribution is -2.38. The van der Waals surface area contributed by atoms with Crippen LogP contribution in [0.1, 0.15) is 51.7 Å². The van der Waals surface area contributed by atoms with Crippen molar-refractivity contribution in [1.82, 2.24) is 0 Å². The van der Waals surface area contributed by atoms with Crippen LogP contribution in [0.3, 0.4) is 0 Å². The molecule has 0 saturated heterocycles. The van der Waals surface area contributed by atoms with E-state index in [0.29, 0.717) is 16.7 Å². The van der Waals surface area contributed by atoms with Gasteiger partial charge in [-0.1, -0.05) is 44.2 Å². The van der Waals surface area contributed by atoms with Crippen LogP contribution in [0.2, 0.25) is 0 Å². The molecule has 1 aromatic heterocycles. The smallest absolute Gasteiger partial charge is 0.416 e. The Kier molecular flexibility index (Phi) is 9.12. The summed E-state index contributed by atoms with van der Waals surface area (Å²) >= 11 is 0. The summed E-state index contributed by atoms with van der Waals surface area (Å²) in [5, 5.41) is 0.585. The van der Waals surface area contributed by atoms with E-state index in [4.69, 9.17) is 18.6 Å². The molecule has 43 heavy (non-hydrogen) atoms. The van der Waals surface area contributed by atoms with Gasteiger partial charge in [-0.25, -0.2) is 9.59 Å². The second-order valence-corrected chi connectivity index (χ2v) is 11.0. The number of rotatable bonds is 9. The molecular weight excluding hydrogens is 567 g/mol. The molecule has 0 spiro atoms. The Bertz CT molecular complexity index is 1650. The zero-order valence-corrected chi connectivity index (χ0v) is 24.4. The van der Waals surface area contributed by atoms with Crippen LogP contribution in [0.4, 0.5) is 13.2 Å². The SMILES string of the molecule is CCOC(=O)C1C(C)=NC(C)=C(C(=O)OCC(C)(C)COc2cc(=O)oc3ccccc23)C1c1ccccc1C(F)(F)F. The number of carbonyl (C=O) groups is 2. The number of aliphatic imine (C=N–C) groups is 1. The van der Waals surface area contributed by atoms with Gasteiger partial charge in [-0.2, -0.15) is 13.2 Å². The number of esters is 2. The monoisotopic (exact) mass is 599 g/mol. The summed E-state index contributed by atoms with van der Waals surface area (Å²) in [4.78, 5) is 43.1. The van der Waals surface area contributed by atoms with Crippen molar-refractivity contribution < 1.29 is 41.4 Å². The normalized spacial score (nSPS) is 17.4. The molecule has 0 fully saturated rings. The molecule has 0 radical (unpaired) electrons. The summed E-state index contributed by atoms with van der Waals surface area (Å²) in [5.41, 5.74) is -2.06. The van der Waals surface area contributed by atoms with E-state index in [1.54, 1.807) is 45.0 Å². The molecule has 0 saturated carbocycles. The maximum atomic E-state index is 14.1. The summed E-state index contributed by atoms with van der Waals surface area (Å²) in [5.74, 6) is -4.04. The fourth-order valence-corrected chi connectivity index (χ4v) is 5.06. The third kappa shape index (κ3) is 6.98. The van der Waals surface area contributed by atoms with Gasteiger partial charge in [0.05, 0.1) is 42.4 Å². The van der Waals surface area contributed by atoms with E-state index in [9.17, 15) is 27.6 Å². The van der Waals surface area contributed by atoms with E-state index in [1.807, 2.05) is 0 Å². The first-order valence-corrected chi connectivity index (χ1v) is 13.6. The molecule has 2 heterocycles. The van der Waals surface area contributed by atoms with E-state index in [1.165, 1.54) is 38.1 Å². The van der Waals surface area contributed by atoms with E-state index >= 15 is 0 Å². The number of hydrogen-bond donors (Lipinski definition) is 0. The zero-order chi connectivity index (χ0) is 31.5. The second kappa shape index (κ2) is 12.4. The van der Waals surface area contributed by atoms with Crippen LogP contribution < -0.4 is 10.4 Å². The Balaban J connectivity index is 1.63. The molecule has 8 nitrogen and oxygen atoms in total. The molecular formula is C32H32F3NO7. The number of alkyl halides is 3. The van der Waals surface area contributed by atoms with Crippen molar-refractivity contribution in [3.05, 3.63) is 87.4 Å². The van der Waals surface area contributed by atoms with Crippen molar-refractivity contribution >= 4 is 28.6 Å². The standard InChI is InChI=1S/C32H32F3NO7/c1-6-40-29(38)26-18(2)36-19(3)27(28(26)20-11-7-9-13-22(20)32(33,34)35)30(39)42-17-31(4,5)16-41-24-15-25(37)43-23-14-10-8-12-21(23)24/h7-15,26,28H,6,16-17H2,1-5H3. The van der Waals surface area contributed by atoms with Gasteiger partial charge in [0.2, 0.25) is 0 Å². The van der Waals surface area contributed by atoms with Crippen LogP contribution in [0.25, 0.3) is 11.0 Å². The first-order valence-electron chi connectivity index (χ1n) is 13.6.